The molecule has 2 fully saturated rings. The third-order valence-electron chi connectivity index (χ3n) is 4.67. The molecule has 0 atom stereocenters. The van der Waals surface area contributed by atoms with E-state index in [1.54, 1.807) is 11.9 Å². The predicted octanol–water partition coefficient (Wildman–Crippen LogP) is 3.01. The zero-order valence-electron chi connectivity index (χ0n) is 13.0. The maximum atomic E-state index is 11.7. The van der Waals surface area contributed by atoms with Crippen LogP contribution in [0.4, 0.5) is 0 Å². The first-order valence-electron chi connectivity index (χ1n) is 7.97. The lowest BCUT2D eigenvalue weighted by Gasteiger charge is -2.40. The van der Waals surface area contributed by atoms with E-state index in [2.05, 4.69) is 21.2 Å². The predicted molar refractivity (Wildman–Crippen MR) is 90.5 cm³/mol. The minimum atomic E-state index is -0.426. The molecule has 2 rings (SSSR count). The Morgan fingerprint density at radius 3 is 2.52 bits per heavy atom. The van der Waals surface area contributed by atoms with Crippen molar-refractivity contribution < 1.29 is 4.79 Å². The summed E-state index contributed by atoms with van der Waals surface area (Å²) in [7, 11) is 1.85. The van der Waals surface area contributed by atoms with E-state index in [0.29, 0.717) is 5.92 Å². The molecule has 1 saturated heterocycles. The van der Waals surface area contributed by atoms with Crippen LogP contribution in [0.2, 0.25) is 0 Å². The first-order chi connectivity index (χ1) is 10.2. The van der Waals surface area contributed by atoms with E-state index in [-0.39, 0.29) is 0 Å². The highest BCUT2D eigenvalue weighted by molar-refractivity contribution is 7.99. The molecule has 0 aromatic rings. The smallest absolute Gasteiger partial charge is 0.145 e. The van der Waals surface area contributed by atoms with Crippen molar-refractivity contribution >= 4 is 24.1 Å². The summed E-state index contributed by atoms with van der Waals surface area (Å²) in [5.74, 6) is 1.56. The van der Waals surface area contributed by atoms with Crippen molar-refractivity contribution in [2.45, 2.75) is 50.5 Å². The summed E-state index contributed by atoms with van der Waals surface area (Å²) in [6.07, 6.45) is 9.08. The maximum absolute atomic E-state index is 11.7. The van der Waals surface area contributed by atoms with E-state index < -0.39 is 5.54 Å². The van der Waals surface area contributed by atoms with Crippen molar-refractivity contribution in [2.24, 2.45) is 10.9 Å². The van der Waals surface area contributed by atoms with Gasteiger partial charge in [-0.25, -0.2) is 4.31 Å². The Hall–Kier alpha value is -0.810. The first-order valence-corrected chi connectivity index (χ1v) is 8.80. The lowest BCUT2D eigenvalue weighted by atomic mass is 9.85. The van der Waals surface area contributed by atoms with Crippen LogP contribution in [-0.2, 0) is 4.79 Å². The van der Waals surface area contributed by atoms with Crippen LogP contribution in [0, 0.1) is 5.92 Å². The van der Waals surface area contributed by atoms with Crippen LogP contribution >= 0.6 is 11.9 Å². The molecule has 0 unspecified atom stereocenters. The summed E-state index contributed by atoms with van der Waals surface area (Å²) in [6, 6.07) is 0. The minimum absolute atomic E-state index is 0.426. The summed E-state index contributed by atoms with van der Waals surface area (Å²) in [5.41, 5.74) is -0.426. The number of carbonyl (C=O) groups excluding carboxylic acids is 1. The molecule has 1 N–H and O–H groups in total. The molecule has 0 aromatic heterocycles. The molecule has 5 heteroatoms. The molecule has 0 bridgehead atoms. The number of carbonyl (C=O) groups is 1. The Morgan fingerprint density at radius 1 is 1.33 bits per heavy atom. The van der Waals surface area contributed by atoms with Crippen LogP contribution in [0.1, 0.15) is 44.9 Å². The number of nitrogens with one attached hydrogen (secondary N) is 1. The van der Waals surface area contributed by atoms with E-state index in [4.69, 9.17) is 0 Å². The number of amidine groups is 1. The Morgan fingerprint density at radius 2 is 2.00 bits per heavy atom. The molecular formula is C16H27N3OS. The first kappa shape index (κ1) is 16.6. The normalized spacial score (nSPS) is 24.5. The zero-order chi connectivity index (χ0) is 15.1. The van der Waals surface area contributed by atoms with Crippen molar-refractivity contribution in [2.75, 3.05) is 20.1 Å². The van der Waals surface area contributed by atoms with Gasteiger partial charge in [0.15, 0.2) is 0 Å². The van der Waals surface area contributed by atoms with E-state index >= 15 is 0 Å². The number of aliphatic imine (C=N–C) groups is 1. The van der Waals surface area contributed by atoms with Crippen LogP contribution in [0.5, 0.6) is 0 Å². The lowest BCUT2D eigenvalue weighted by molar-refractivity contribution is -0.114. The number of piperidine rings is 1. The van der Waals surface area contributed by atoms with Crippen molar-refractivity contribution in [1.82, 2.24) is 9.62 Å². The summed E-state index contributed by atoms with van der Waals surface area (Å²) < 4.78 is 2.26. The van der Waals surface area contributed by atoms with Gasteiger partial charge in [0.1, 0.15) is 6.29 Å². The fraction of sp³-hybridized carbons (Fsp3) is 0.750. The van der Waals surface area contributed by atoms with Crippen LogP contribution in [-0.4, -0.2) is 42.1 Å². The summed E-state index contributed by atoms with van der Waals surface area (Å²) >= 11 is 1.64. The van der Waals surface area contributed by atoms with Gasteiger partial charge in [0.25, 0.3) is 0 Å². The molecule has 0 aromatic carbocycles. The maximum Gasteiger partial charge on any atom is 0.145 e. The van der Waals surface area contributed by atoms with Crippen molar-refractivity contribution in [3.8, 4) is 0 Å². The number of rotatable bonds is 5. The minimum Gasteiger partial charge on any atom is -0.361 e. The SMILES string of the molecule is C=CSN1CCC(C=O)(NC(=NC)C2CCCCC2)CC1. The molecule has 4 nitrogen and oxygen atoms in total. The average Bonchev–Trinajstić information content (AvgIpc) is 2.55. The van der Waals surface area contributed by atoms with Crippen LogP contribution in [0.25, 0.3) is 0 Å². The largest absolute Gasteiger partial charge is 0.361 e. The van der Waals surface area contributed by atoms with Gasteiger partial charge in [0.2, 0.25) is 0 Å². The molecule has 2 aliphatic rings. The molecule has 1 aliphatic heterocycles. The van der Waals surface area contributed by atoms with Gasteiger partial charge in [0.05, 0.1) is 11.4 Å². The van der Waals surface area contributed by atoms with E-state index in [9.17, 15) is 4.79 Å². The molecular weight excluding hydrogens is 282 g/mol. The van der Waals surface area contributed by atoms with Crippen LogP contribution in [0.15, 0.2) is 17.0 Å². The third kappa shape index (κ3) is 4.33. The standard InChI is InChI=1S/C16H27N3OS/c1-3-21-19-11-9-16(13-20,10-12-19)18-15(17-2)14-7-5-4-6-8-14/h3,13-14H,1,4-12H2,2H3,(H,17,18). The Kier molecular flexibility index (Phi) is 6.30. The molecule has 1 aliphatic carbocycles. The Labute approximate surface area is 132 Å². The molecule has 1 heterocycles. The molecule has 0 amide bonds. The topological polar surface area (TPSA) is 44.7 Å². The van der Waals surface area contributed by atoms with Gasteiger partial charge in [0, 0.05) is 26.1 Å². The highest BCUT2D eigenvalue weighted by Gasteiger charge is 2.36. The lowest BCUT2D eigenvalue weighted by Crippen LogP contribution is -2.56. The van der Waals surface area contributed by atoms with Crippen molar-refractivity contribution in [1.29, 1.82) is 0 Å². The molecule has 0 radical (unpaired) electrons. The van der Waals surface area contributed by atoms with Gasteiger partial charge in [-0.2, -0.15) is 0 Å². The highest BCUT2D eigenvalue weighted by Crippen LogP contribution is 2.28. The van der Waals surface area contributed by atoms with Gasteiger partial charge in [-0.05, 0) is 31.1 Å². The Balaban J connectivity index is 1.97. The van der Waals surface area contributed by atoms with E-state index in [1.165, 1.54) is 32.1 Å². The van der Waals surface area contributed by atoms with Gasteiger partial charge in [-0.3, -0.25) is 4.99 Å². The van der Waals surface area contributed by atoms with Gasteiger partial charge in [-0.1, -0.05) is 37.8 Å². The fourth-order valence-corrected chi connectivity index (χ4v) is 3.94. The zero-order valence-corrected chi connectivity index (χ0v) is 13.8. The second-order valence-electron chi connectivity index (χ2n) is 6.04. The fourth-order valence-electron chi connectivity index (χ4n) is 3.34. The quantitative estimate of drug-likeness (QED) is 0.367. The van der Waals surface area contributed by atoms with Crippen molar-refractivity contribution in [3.63, 3.8) is 0 Å². The monoisotopic (exact) mass is 309 g/mol. The molecule has 118 valence electrons. The van der Waals surface area contributed by atoms with Crippen LogP contribution < -0.4 is 5.32 Å². The van der Waals surface area contributed by atoms with E-state index in [0.717, 1.165) is 38.1 Å². The summed E-state index contributed by atoms with van der Waals surface area (Å²) in [5, 5.41) is 5.37. The van der Waals surface area contributed by atoms with Gasteiger partial charge < -0.3 is 10.1 Å². The van der Waals surface area contributed by atoms with Gasteiger partial charge >= 0.3 is 0 Å². The summed E-state index contributed by atoms with van der Waals surface area (Å²) in [6.45, 7) is 5.56. The number of hydrogen-bond donors (Lipinski definition) is 1. The average molecular weight is 309 g/mol. The highest BCUT2D eigenvalue weighted by atomic mass is 32.2. The second kappa shape index (κ2) is 7.99. The molecule has 0 spiro atoms. The second-order valence-corrected chi connectivity index (χ2v) is 7.10. The van der Waals surface area contributed by atoms with Crippen LogP contribution in [0.3, 0.4) is 0 Å². The van der Waals surface area contributed by atoms with Crippen molar-refractivity contribution in [3.05, 3.63) is 12.0 Å². The molecule has 1 saturated carbocycles. The number of aldehydes is 1. The van der Waals surface area contributed by atoms with Gasteiger partial charge in [-0.15, -0.1) is 0 Å². The molecule has 21 heavy (non-hydrogen) atoms. The summed E-state index contributed by atoms with van der Waals surface area (Å²) in [4.78, 5) is 16.2. The third-order valence-corrected chi connectivity index (χ3v) is 5.49. The van der Waals surface area contributed by atoms with E-state index in [1.807, 2.05) is 12.5 Å². The number of nitrogens with zero attached hydrogens (tertiary/aromatic N) is 2. The Bertz CT molecular complexity index is 383. The number of hydrogen-bond acceptors (Lipinski definition) is 4.